The molecule has 0 saturated heterocycles. The number of hydrogen-bond donors (Lipinski definition) is 1. The summed E-state index contributed by atoms with van der Waals surface area (Å²) in [7, 11) is 6.43. The van der Waals surface area contributed by atoms with E-state index >= 15 is 0 Å². The molecule has 1 heterocycles. The summed E-state index contributed by atoms with van der Waals surface area (Å²) in [5, 5.41) is 9.17. The standard InChI is InChI=1S/C13H14NO.CH3B/c1-14-8-7-12(9-13(14)10-15)11-5-3-2-4-6-11;1-2/h2-9,15H,10H2,1H3;1H3/q+1;. The Kier molecular flexibility index (Phi) is 5.44. The number of aromatic nitrogens is 1. The number of pyridine rings is 1. The summed E-state index contributed by atoms with van der Waals surface area (Å²) in [5.41, 5.74) is 3.22. The van der Waals surface area contributed by atoms with Crippen LogP contribution in [0.15, 0.2) is 48.7 Å². The molecule has 1 aromatic heterocycles. The summed E-state index contributed by atoms with van der Waals surface area (Å²) in [6.07, 6.45) is 1.97. The van der Waals surface area contributed by atoms with Crippen LogP contribution in [0.4, 0.5) is 0 Å². The van der Waals surface area contributed by atoms with Crippen molar-refractivity contribution in [3.8, 4) is 11.1 Å². The normalized spacial score (nSPS) is 9.35. The molecule has 0 fully saturated rings. The van der Waals surface area contributed by atoms with E-state index in [4.69, 9.17) is 5.11 Å². The van der Waals surface area contributed by atoms with E-state index in [-0.39, 0.29) is 6.61 Å². The number of hydrogen-bond acceptors (Lipinski definition) is 1. The van der Waals surface area contributed by atoms with Gasteiger partial charge in [0.05, 0.1) is 7.85 Å². The molecule has 1 aromatic carbocycles. The van der Waals surface area contributed by atoms with Crippen LogP contribution < -0.4 is 4.57 Å². The van der Waals surface area contributed by atoms with Gasteiger partial charge in [-0.05, 0) is 11.1 Å². The molecule has 0 amide bonds. The van der Waals surface area contributed by atoms with Gasteiger partial charge < -0.3 is 5.11 Å². The van der Waals surface area contributed by atoms with Gasteiger partial charge in [-0.15, -0.1) is 0 Å². The van der Waals surface area contributed by atoms with E-state index in [1.165, 1.54) is 12.4 Å². The van der Waals surface area contributed by atoms with E-state index in [2.05, 4.69) is 26.0 Å². The highest BCUT2D eigenvalue weighted by Crippen LogP contribution is 2.17. The number of rotatable bonds is 2. The zero-order chi connectivity index (χ0) is 12.7. The van der Waals surface area contributed by atoms with E-state index in [0.29, 0.717) is 0 Å². The highest BCUT2D eigenvalue weighted by molar-refractivity contribution is 6.05. The van der Waals surface area contributed by atoms with Crippen LogP contribution in [-0.2, 0) is 13.7 Å². The first-order valence-corrected chi connectivity index (χ1v) is 5.54. The number of aryl methyl sites for hydroxylation is 1. The Morgan fingerprint density at radius 1 is 1.06 bits per heavy atom. The van der Waals surface area contributed by atoms with Crippen LogP contribution in [0.3, 0.4) is 0 Å². The molecule has 0 aliphatic heterocycles. The Labute approximate surface area is 104 Å². The Morgan fingerprint density at radius 2 is 1.71 bits per heavy atom. The molecular formula is C14H17BNO+. The topological polar surface area (TPSA) is 24.1 Å². The van der Waals surface area contributed by atoms with Gasteiger partial charge in [0, 0.05) is 12.1 Å². The molecule has 0 aliphatic carbocycles. The van der Waals surface area contributed by atoms with Crippen molar-refractivity contribution in [3.05, 3.63) is 54.4 Å². The van der Waals surface area contributed by atoms with Crippen LogP contribution in [0.2, 0.25) is 6.82 Å². The molecule has 86 valence electrons. The molecule has 0 atom stereocenters. The number of aliphatic hydroxyl groups is 1. The van der Waals surface area contributed by atoms with Crippen molar-refractivity contribution >= 4 is 7.85 Å². The molecule has 0 unspecified atom stereocenters. The molecule has 2 aromatic rings. The summed E-state index contributed by atoms with van der Waals surface area (Å²) in [4.78, 5) is 0. The van der Waals surface area contributed by atoms with Crippen molar-refractivity contribution < 1.29 is 9.67 Å². The molecular weight excluding hydrogens is 209 g/mol. The van der Waals surface area contributed by atoms with Gasteiger partial charge in [-0.2, -0.15) is 0 Å². The van der Waals surface area contributed by atoms with E-state index in [1.54, 1.807) is 0 Å². The molecule has 2 nitrogen and oxygen atoms in total. The van der Waals surface area contributed by atoms with Crippen LogP contribution in [-0.4, -0.2) is 13.0 Å². The Hall–Kier alpha value is -1.61. The van der Waals surface area contributed by atoms with Crippen molar-refractivity contribution in [2.24, 2.45) is 7.05 Å². The zero-order valence-corrected chi connectivity index (χ0v) is 10.3. The third-order valence-corrected chi connectivity index (χ3v) is 2.52. The maximum atomic E-state index is 9.17. The minimum absolute atomic E-state index is 0.0666. The van der Waals surface area contributed by atoms with Crippen LogP contribution in [0.25, 0.3) is 11.1 Å². The monoisotopic (exact) mass is 226 g/mol. The lowest BCUT2D eigenvalue weighted by Gasteiger charge is -2.02. The molecule has 1 N–H and O–H groups in total. The largest absolute Gasteiger partial charge is 0.385 e. The van der Waals surface area contributed by atoms with E-state index < -0.39 is 0 Å². The molecule has 0 aliphatic rings. The number of benzene rings is 1. The van der Waals surface area contributed by atoms with Gasteiger partial charge in [-0.1, -0.05) is 37.2 Å². The summed E-state index contributed by atoms with van der Waals surface area (Å²) >= 11 is 0. The highest BCUT2D eigenvalue weighted by Gasteiger charge is 2.06. The Morgan fingerprint density at radius 3 is 2.29 bits per heavy atom. The van der Waals surface area contributed by atoms with Crippen molar-refractivity contribution in [1.29, 1.82) is 0 Å². The second-order valence-corrected chi connectivity index (χ2v) is 3.54. The van der Waals surface area contributed by atoms with Crippen molar-refractivity contribution in [2.75, 3.05) is 0 Å². The average Bonchev–Trinajstić information content (AvgIpc) is 2.42. The fourth-order valence-electron chi connectivity index (χ4n) is 1.58. The highest BCUT2D eigenvalue weighted by atomic mass is 16.3. The van der Waals surface area contributed by atoms with Crippen molar-refractivity contribution in [3.63, 3.8) is 0 Å². The first kappa shape index (κ1) is 13.5. The zero-order valence-electron chi connectivity index (χ0n) is 10.3. The first-order chi connectivity index (χ1) is 8.31. The maximum absolute atomic E-state index is 9.17. The first-order valence-electron chi connectivity index (χ1n) is 5.54. The second-order valence-electron chi connectivity index (χ2n) is 3.54. The van der Waals surface area contributed by atoms with Gasteiger partial charge in [0.15, 0.2) is 6.20 Å². The van der Waals surface area contributed by atoms with Crippen LogP contribution in [0.5, 0.6) is 0 Å². The minimum Gasteiger partial charge on any atom is -0.385 e. The summed E-state index contributed by atoms with van der Waals surface area (Å²) < 4.78 is 1.92. The predicted octanol–water partition coefficient (Wildman–Crippen LogP) is 1.87. The molecule has 3 heteroatoms. The Balaban J connectivity index is 0.000000686. The fourth-order valence-corrected chi connectivity index (χ4v) is 1.58. The van der Waals surface area contributed by atoms with Gasteiger partial charge in [-0.3, -0.25) is 0 Å². The number of nitrogens with zero attached hydrogens (tertiary/aromatic N) is 1. The van der Waals surface area contributed by atoms with E-state index in [9.17, 15) is 0 Å². The summed E-state index contributed by atoms with van der Waals surface area (Å²) in [5.74, 6) is 0. The molecule has 2 radical (unpaired) electrons. The van der Waals surface area contributed by atoms with Crippen molar-refractivity contribution in [2.45, 2.75) is 13.4 Å². The van der Waals surface area contributed by atoms with Gasteiger partial charge in [0.1, 0.15) is 13.7 Å². The van der Waals surface area contributed by atoms with E-state index in [1.807, 2.05) is 42.1 Å². The Bertz CT molecular complexity index is 457. The number of aliphatic hydroxyl groups excluding tert-OH is 1. The van der Waals surface area contributed by atoms with Crippen LogP contribution in [0.1, 0.15) is 5.69 Å². The SMILES string of the molecule is C[n+]1ccc(-c2ccccc2)cc1CO.[B]C. The molecule has 0 spiro atoms. The fraction of sp³-hybridized carbons (Fsp3) is 0.214. The van der Waals surface area contributed by atoms with Gasteiger partial charge in [-0.25, -0.2) is 4.57 Å². The van der Waals surface area contributed by atoms with Gasteiger partial charge >= 0.3 is 0 Å². The van der Waals surface area contributed by atoms with Crippen LogP contribution >= 0.6 is 0 Å². The van der Waals surface area contributed by atoms with Gasteiger partial charge in [0.2, 0.25) is 5.69 Å². The molecule has 0 bridgehead atoms. The molecule has 2 rings (SSSR count). The predicted molar refractivity (Wildman–Crippen MR) is 70.6 cm³/mol. The maximum Gasteiger partial charge on any atom is 0.207 e. The minimum atomic E-state index is 0.0666. The smallest absolute Gasteiger partial charge is 0.207 e. The summed E-state index contributed by atoms with van der Waals surface area (Å²) in [6, 6.07) is 14.2. The van der Waals surface area contributed by atoms with Crippen molar-refractivity contribution in [1.82, 2.24) is 0 Å². The molecule has 17 heavy (non-hydrogen) atoms. The van der Waals surface area contributed by atoms with E-state index in [0.717, 1.165) is 11.3 Å². The molecule has 0 saturated carbocycles. The van der Waals surface area contributed by atoms with Gasteiger partial charge in [0.25, 0.3) is 0 Å². The van der Waals surface area contributed by atoms with Crippen LogP contribution in [0, 0.1) is 0 Å². The summed E-state index contributed by atoms with van der Waals surface area (Å²) in [6.45, 7) is 1.57. The lowest BCUT2D eigenvalue weighted by Crippen LogP contribution is -2.32. The average molecular weight is 226 g/mol. The quantitative estimate of drug-likeness (QED) is 0.613. The third-order valence-electron chi connectivity index (χ3n) is 2.52. The third kappa shape index (κ3) is 3.43. The second kappa shape index (κ2) is 6.87. The lowest BCUT2D eigenvalue weighted by molar-refractivity contribution is -0.681. The lowest BCUT2D eigenvalue weighted by atomic mass is 10.1.